The van der Waals surface area contributed by atoms with Crippen molar-refractivity contribution in [1.82, 2.24) is 14.7 Å². The molecule has 0 aliphatic heterocycles. The van der Waals surface area contributed by atoms with Crippen LogP contribution in [0.1, 0.15) is 48.8 Å². The molecule has 5 heteroatoms. The van der Waals surface area contributed by atoms with Crippen LogP contribution in [0.4, 0.5) is 0 Å². The van der Waals surface area contributed by atoms with Gasteiger partial charge in [0, 0.05) is 19.1 Å². The van der Waals surface area contributed by atoms with Gasteiger partial charge in [0.15, 0.2) is 0 Å². The fraction of sp³-hybridized carbons (Fsp3) is 0.714. The van der Waals surface area contributed by atoms with Gasteiger partial charge in [0.25, 0.3) is 5.91 Å². The van der Waals surface area contributed by atoms with Crippen LogP contribution >= 0.6 is 0 Å². The van der Waals surface area contributed by atoms with E-state index in [9.17, 15) is 9.90 Å². The van der Waals surface area contributed by atoms with Crippen LogP contribution in [0.3, 0.4) is 0 Å². The first-order valence-electron chi connectivity index (χ1n) is 7.13. The normalized spacial score (nSPS) is 15.9. The molecule has 0 bridgehead atoms. The number of aliphatic hydroxyl groups is 1. The molecule has 1 amide bonds. The second-order valence-electron chi connectivity index (χ2n) is 5.15. The molecule has 1 aromatic rings. The number of nitrogens with zero attached hydrogens (tertiary/aromatic N) is 3. The highest BCUT2D eigenvalue weighted by atomic mass is 16.3. The molecular weight excluding hydrogens is 242 g/mol. The van der Waals surface area contributed by atoms with Crippen molar-refractivity contribution in [2.45, 2.75) is 52.1 Å². The number of hydrogen-bond donors (Lipinski definition) is 1. The van der Waals surface area contributed by atoms with E-state index in [1.807, 2.05) is 24.8 Å². The van der Waals surface area contributed by atoms with Gasteiger partial charge in [0.1, 0.15) is 5.69 Å². The lowest BCUT2D eigenvalue weighted by Crippen LogP contribution is -2.41. The fourth-order valence-corrected chi connectivity index (χ4v) is 2.88. The van der Waals surface area contributed by atoms with Gasteiger partial charge in [0.05, 0.1) is 12.3 Å². The molecule has 0 aromatic carbocycles. The minimum Gasteiger partial charge on any atom is -0.395 e. The first-order chi connectivity index (χ1) is 9.17. The molecule has 0 saturated heterocycles. The Morgan fingerprint density at radius 3 is 2.79 bits per heavy atom. The van der Waals surface area contributed by atoms with Crippen molar-refractivity contribution in [3.8, 4) is 0 Å². The van der Waals surface area contributed by atoms with Crippen LogP contribution in [0.15, 0.2) is 6.07 Å². The van der Waals surface area contributed by atoms with Crippen LogP contribution in [0, 0.1) is 6.92 Å². The third-order valence-corrected chi connectivity index (χ3v) is 3.79. The summed E-state index contributed by atoms with van der Waals surface area (Å²) in [7, 11) is 0. The Balaban J connectivity index is 2.22. The predicted molar refractivity (Wildman–Crippen MR) is 73.0 cm³/mol. The smallest absolute Gasteiger partial charge is 0.272 e. The molecule has 1 saturated carbocycles. The van der Waals surface area contributed by atoms with Gasteiger partial charge in [-0.1, -0.05) is 12.8 Å². The summed E-state index contributed by atoms with van der Waals surface area (Å²) >= 11 is 0. The van der Waals surface area contributed by atoms with Gasteiger partial charge in [-0.15, -0.1) is 0 Å². The van der Waals surface area contributed by atoms with Gasteiger partial charge in [-0.25, -0.2) is 0 Å². The average molecular weight is 265 g/mol. The molecular formula is C14H23N3O2. The first-order valence-corrected chi connectivity index (χ1v) is 7.13. The highest BCUT2D eigenvalue weighted by Gasteiger charge is 2.28. The number of aromatic nitrogens is 2. The summed E-state index contributed by atoms with van der Waals surface area (Å²) in [6.07, 6.45) is 4.44. The first kappa shape index (κ1) is 14.1. The number of aliphatic hydroxyl groups excluding tert-OH is 1. The van der Waals surface area contributed by atoms with Gasteiger partial charge in [0.2, 0.25) is 0 Å². The molecule has 2 rings (SSSR count). The SMILES string of the molecule is CCn1nc(C)cc1C(=O)N(CCO)C1CCCC1. The minimum atomic E-state index is 0.00315. The van der Waals surface area contributed by atoms with Gasteiger partial charge in [-0.3, -0.25) is 9.48 Å². The monoisotopic (exact) mass is 265 g/mol. The Morgan fingerprint density at radius 2 is 2.21 bits per heavy atom. The highest BCUT2D eigenvalue weighted by Crippen LogP contribution is 2.24. The third kappa shape index (κ3) is 2.97. The van der Waals surface area contributed by atoms with Crippen LogP contribution in [0.25, 0.3) is 0 Å². The lowest BCUT2D eigenvalue weighted by atomic mass is 10.2. The summed E-state index contributed by atoms with van der Waals surface area (Å²) in [6.45, 7) is 5.00. The second-order valence-corrected chi connectivity index (χ2v) is 5.15. The maximum atomic E-state index is 12.7. The fourth-order valence-electron chi connectivity index (χ4n) is 2.88. The number of aryl methyl sites for hydroxylation is 2. The molecule has 1 aromatic heterocycles. The second kappa shape index (κ2) is 6.19. The van der Waals surface area contributed by atoms with Gasteiger partial charge in [-0.05, 0) is 32.8 Å². The summed E-state index contributed by atoms with van der Waals surface area (Å²) in [6, 6.07) is 2.12. The molecule has 0 radical (unpaired) electrons. The van der Waals surface area contributed by atoms with Crippen molar-refractivity contribution >= 4 is 5.91 Å². The van der Waals surface area contributed by atoms with E-state index in [2.05, 4.69) is 5.10 Å². The summed E-state index contributed by atoms with van der Waals surface area (Å²) in [4.78, 5) is 14.5. The van der Waals surface area contributed by atoms with E-state index in [-0.39, 0.29) is 18.6 Å². The average Bonchev–Trinajstić information content (AvgIpc) is 3.04. The van der Waals surface area contributed by atoms with E-state index in [1.54, 1.807) is 4.68 Å². The molecule has 0 atom stereocenters. The molecule has 0 unspecified atom stereocenters. The summed E-state index contributed by atoms with van der Waals surface area (Å²) < 4.78 is 1.75. The van der Waals surface area contributed by atoms with Gasteiger partial charge in [-0.2, -0.15) is 5.10 Å². The maximum Gasteiger partial charge on any atom is 0.272 e. The summed E-state index contributed by atoms with van der Waals surface area (Å²) in [5, 5.41) is 13.5. The van der Waals surface area contributed by atoms with Crippen LogP contribution in [0.5, 0.6) is 0 Å². The number of amides is 1. The minimum absolute atomic E-state index is 0.00315. The molecule has 1 aliphatic rings. The van der Waals surface area contributed by atoms with E-state index in [1.165, 1.54) is 12.8 Å². The van der Waals surface area contributed by atoms with Crippen LogP contribution < -0.4 is 0 Å². The van der Waals surface area contributed by atoms with E-state index < -0.39 is 0 Å². The van der Waals surface area contributed by atoms with Crippen LogP contribution in [0.2, 0.25) is 0 Å². The highest BCUT2D eigenvalue weighted by molar-refractivity contribution is 5.93. The van der Waals surface area contributed by atoms with Crippen molar-refractivity contribution in [3.05, 3.63) is 17.5 Å². The number of carbonyl (C=O) groups excluding carboxylic acids is 1. The summed E-state index contributed by atoms with van der Waals surface area (Å²) in [5.74, 6) is 0.00315. The zero-order valence-electron chi connectivity index (χ0n) is 11.8. The zero-order valence-corrected chi connectivity index (χ0v) is 11.8. The Kier molecular flexibility index (Phi) is 4.58. The Hall–Kier alpha value is -1.36. The molecule has 1 aliphatic carbocycles. The van der Waals surface area contributed by atoms with Crippen molar-refractivity contribution in [2.75, 3.05) is 13.2 Å². The Morgan fingerprint density at radius 1 is 1.53 bits per heavy atom. The van der Waals surface area contributed by atoms with E-state index in [4.69, 9.17) is 0 Å². The topological polar surface area (TPSA) is 58.4 Å². The predicted octanol–water partition coefficient (Wildman–Crippen LogP) is 1.59. The molecule has 5 nitrogen and oxygen atoms in total. The van der Waals surface area contributed by atoms with Gasteiger partial charge >= 0.3 is 0 Å². The van der Waals surface area contributed by atoms with Crippen molar-refractivity contribution in [2.24, 2.45) is 0 Å². The quantitative estimate of drug-likeness (QED) is 0.879. The van der Waals surface area contributed by atoms with Crippen molar-refractivity contribution < 1.29 is 9.90 Å². The molecule has 106 valence electrons. The Bertz CT molecular complexity index is 436. The van der Waals surface area contributed by atoms with E-state index in [0.29, 0.717) is 18.8 Å². The number of carbonyl (C=O) groups is 1. The molecule has 1 fully saturated rings. The lowest BCUT2D eigenvalue weighted by molar-refractivity contribution is 0.0625. The standard InChI is InChI=1S/C14H23N3O2/c1-3-17-13(10-11(2)15-17)14(19)16(8-9-18)12-6-4-5-7-12/h10,12,18H,3-9H2,1-2H3. The number of rotatable bonds is 5. The molecule has 1 heterocycles. The Labute approximate surface area is 114 Å². The van der Waals surface area contributed by atoms with Gasteiger partial charge < -0.3 is 10.0 Å². The molecule has 19 heavy (non-hydrogen) atoms. The van der Waals surface area contributed by atoms with Crippen LogP contribution in [-0.4, -0.2) is 44.9 Å². The van der Waals surface area contributed by atoms with E-state index >= 15 is 0 Å². The number of hydrogen-bond acceptors (Lipinski definition) is 3. The third-order valence-electron chi connectivity index (χ3n) is 3.79. The van der Waals surface area contributed by atoms with Crippen molar-refractivity contribution in [3.63, 3.8) is 0 Å². The van der Waals surface area contributed by atoms with Crippen LogP contribution in [-0.2, 0) is 6.54 Å². The molecule has 0 spiro atoms. The van der Waals surface area contributed by atoms with E-state index in [0.717, 1.165) is 18.5 Å². The maximum absolute atomic E-state index is 12.7. The largest absolute Gasteiger partial charge is 0.395 e. The molecule has 1 N–H and O–H groups in total. The zero-order chi connectivity index (χ0) is 13.8. The van der Waals surface area contributed by atoms with Crippen molar-refractivity contribution in [1.29, 1.82) is 0 Å². The summed E-state index contributed by atoms with van der Waals surface area (Å²) in [5.41, 5.74) is 1.50. The lowest BCUT2D eigenvalue weighted by Gasteiger charge is -2.28.